The van der Waals surface area contributed by atoms with Crippen LogP contribution in [0.3, 0.4) is 0 Å². The van der Waals surface area contributed by atoms with E-state index in [-0.39, 0.29) is 6.54 Å². The fraction of sp³-hybridized carbons (Fsp3) is 0.273. The number of hydrogen-bond acceptors (Lipinski definition) is 3. The van der Waals surface area contributed by atoms with Gasteiger partial charge in [0.05, 0.1) is 26.1 Å². The zero-order chi connectivity index (χ0) is 23.2. The molecule has 10 heteroatoms. The van der Waals surface area contributed by atoms with Gasteiger partial charge in [-0.05, 0) is 60.9 Å². The van der Waals surface area contributed by atoms with E-state index in [4.69, 9.17) is 46.4 Å². The van der Waals surface area contributed by atoms with Gasteiger partial charge in [0.2, 0.25) is 0 Å². The molecule has 0 amide bonds. The van der Waals surface area contributed by atoms with Crippen LogP contribution in [-0.2, 0) is 6.42 Å². The lowest BCUT2D eigenvalue weighted by Crippen LogP contribution is -2.52. The zero-order valence-electron chi connectivity index (χ0n) is 16.7. The molecule has 4 rings (SSSR count). The Balaban J connectivity index is 1.69. The van der Waals surface area contributed by atoms with Crippen molar-refractivity contribution in [1.82, 2.24) is 15.3 Å². The fourth-order valence-electron chi connectivity index (χ4n) is 3.93. The monoisotopic (exact) mass is 521 g/mol. The molecule has 0 aromatic heterocycles. The maximum atomic E-state index is 14.0. The van der Waals surface area contributed by atoms with Crippen molar-refractivity contribution in [3.05, 3.63) is 91.3 Å². The molecule has 2 aliphatic heterocycles. The molecule has 2 aromatic carbocycles. The molecule has 0 aliphatic carbocycles. The minimum absolute atomic E-state index is 0.106. The fourth-order valence-corrected chi connectivity index (χ4v) is 4.55. The highest BCUT2D eigenvalue weighted by molar-refractivity contribution is 6.42. The van der Waals surface area contributed by atoms with Crippen molar-refractivity contribution in [1.29, 1.82) is 0 Å². The number of benzene rings is 2. The van der Waals surface area contributed by atoms with Gasteiger partial charge in [0.1, 0.15) is 11.9 Å². The molecule has 0 saturated heterocycles. The summed E-state index contributed by atoms with van der Waals surface area (Å²) in [5.41, 5.74) is 2.26. The van der Waals surface area contributed by atoms with Gasteiger partial charge >= 0.3 is 6.18 Å². The van der Waals surface area contributed by atoms with Crippen LogP contribution in [-0.4, -0.2) is 28.8 Å². The first-order chi connectivity index (χ1) is 15.0. The molecule has 2 unspecified atom stereocenters. The van der Waals surface area contributed by atoms with E-state index in [0.29, 0.717) is 32.3 Å². The molecule has 2 aliphatic rings. The van der Waals surface area contributed by atoms with Crippen LogP contribution in [0.1, 0.15) is 24.1 Å². The number of rotatable bonds is 4. The molecule has 32 heavy (non-hydrogen) atoms. The van der Waals surface area contributed by atoms with Crippen LogP contribution >= 0.6 is 46.4 Å². The molecule has 0 bridgehead atoms. The maximum Gasteiger partial charge on any atom is 0.409 e. The number of nitrogens with one attached hydrogen (secondary N) is 1. The molecule has 0 radical (unpaired) electrons. The minimum atomic E-state index is -4.46. The summed E-state index contributed by atoms with van der Waals surface area (Å²) < 4.78 is 42.0. The first-order valence-corrected chi connectivity index (χ1v) is 11.2. The Bertz CT molecular complexity index is 1100. The number of nitrogens with zero attached hydrogens (tertiary/aromatic N) is 2. The number of alkyl halides is 3. The van der Waals surface area contributed by atoms with Crippen molar-refractivity contribution < 1.29 is 13.2 Å². The molecule has 2 aromatic rings. The second kappa shape index (κ2) is 8.99. The first-order valence-electron chi connectivity index (χ1n) is 9.73. The lowest BCUT2D eigenvalue weighted by atomic mass is 10.0. The zero-order valence-corrected chi connectivity index (χ0v) is 19.8. The molecule has 0 saturated carbocycles. The standard InChI is InChI=1S/C22H18Cl4F3N3/c1-12-8-19(14-3-5-16(24)18(26)10-14)32-21(30-12)11-20(22(27,28)29)31(32)7-6-13-2-4-15(23)17(25)9-13/h2-5,8-11,19-20,30H,6-7H2,1H3. The SMILES string of the molecule is CC1=CC(c2ccc(Cl)c(Cl)c2)N2C(=CC(C(F)(F)F)N2CCc2ccc(Cl)c(Cl)c2)N1. The summed E-state index contributed by atoms with van der Waals surface area (Å²) in [5.74, 6) is 0.373. The number of allylic oxidation sites excluding steroid dienone is 1. The van der Waals surface area contributed by atoms with Crippen LogP contribution in [0.15, 0.2) is 60.1 Å². The average Bonchev–Trinajstić information content (AvgIpc) is 3.09. The highest BCUT2D eigenvalue weighted by Crippen LogP contribution is 2.42. The van der Waals surface area contributed by atoms with Gasteiger partial charge < -0.3 is 5.32 Å². The van der Waals surface area contributed by atoms with Crippen LogP contribution < -0.4 is 5.32 Å². The van der Waals surface area contributed by atoms with Crippen LogP contribution in [0, 0.1) is 0 Å². The Morgan fingerprint density at radius 1 is 0.906 bits per heavy atom. The highest BCUT2D eigenvalue weighted by atomic mass is 35.5. The van der Waals surface area contributed by atoms with Gasteiger partial charge in [-0.1, -0.05) is 58.5 Å². The van der Waals surface area contributed by atoms with Gasteiger partial charge in [0.25, 0.3) is 0 Å². The Hall–Kier alpha value is -1.57. The van der Waals surface area contributed by atoms with Crippen molar-refractivity contribution in [2.75, 3.05) is 6.54 Å². The molecule has 0 spiro atoms. The first kappa shape index (κ1) is 23.6. The lowest BCUT2D eigenvalue weighted by molar-refractivity contribution is -0.197. The molecule has 3 nitrogen and oxygen atoms in total. The number of halogens is 7. The van der Waals surface area contributed by atoms with Gasteiger partial charge in [-0.25, -0.2) is 5.01 Å². The van der Waals surface area contributed by atoms with E-state index in [2.05, 4.69) is 5.32 Å². The quantitative estimate of drug-likeness (QED) is 0.451. The number of fused-ring (bicyclic) bond motifs is 1. The highest BCUT2D eigenvalue weighted by Gasteiger charge is 2.50. The molecule has 2 atom stereocenters. The second-order valence-electron chi connectivity index (χ2n) is 7.64. The van der Waals surface area contributed by atoms with E-state index in [1.807, 2.05) is 13.0 Å². The molecule has 2 heterocycles. The average molecular weight is 523 g/mol. The predicted octanol–water partition coefficient (Wildman–Crippen LogP) is 7.40. The second-order valence-corrected chi connectivity index (χ2v) is 9.27. The number of hydrazine groups is 1. The van der Waals surface area contributed by atoms with Crippen molar-refractivity contribution in [3.8, 4) is 0 Å². The predicted molar refractivity (Wildman–Crippen MR) is 123 cm³/mol. The summed E-state index contributed by atoms with van der Waals surface area (Å²) in [5, 5.41) is 7.49. The molecule has 0 fully saturated rings. The summed E-state index contributed by atoms with van der Waals surface area (Å²) in [7, 11) is 0. The van der Waals surface area contributed by atoms with Crippen LogP contribution in [0.5, 0.6) is 0 Å². The summed E-state index contributed by atoms with van der Waals surface area (Å²) in [6.07, 6.45) is -1.05. The van der Waals surface area contributed by atoms with E-state index in [1.165, 1.54) is 11.1 Å². The van der Waals surface area contributed by atoms with E-state index < -0.39 is 18.3 Å². The molecule has 1 N–H and O–H groups in total. The van der Waals surface area contributed by atoms with Gasteiger partial charge in [0, 0.05) is 12.2 Å². The largest absolute Gasteiger partial charge is 0.409 e. The van der Waals surface area contributed by atoms with Crippen molar-refractivity contribution >= 4 is 46.4 Å². The van der Waals surface area contributed by atoms with Gasteiger partial charge in [-0.15, -0.1) is 0 Å². The molecular formula is C22H18Cl4F3N3. The van der Waals surface area contributed by atoms with E-state index >= 15 is 0 Å². The van der Waals surface area contributed by atoms with E-state index in [1.54, 1.807) is 41.4 Å². The van der Waals surface area contributed by atoms with Gasteiger partial charge in [0.15, 0.2) is 0 Å². The third-order valence-electron chi connectivity index (χ3n) is 5.39. The summed E-state index contributed by atoms with van der Waals surface area (Å²) in [6.45, 7) is 1.91. The van der Waals surface area contributed by atoms with Crippen molar-refractivity contribution in [2.45, 2.75) is 31.6 Å². The Morgan fingerprint density at radius 3 is 2.19 bits per heavy atom. The van der Waals surface area contributed by atoms with Crippen LogP contribution in [0.25, 0.3) is 0 Å². The Morgan fingerprint density at radius 2 is 1.56 bits per heavy atom. The molecule has 170 valence electrons. The third-order valence-corrected chi connectivity index (χ3v) is 6.87. The van der Waals surface area contributed by atoms with Gasteiger partial charge in [-0.3, -0.25) is 5.01 Å². The summed E-state index contributed by atoms with van der Waals surface area (Å²) in [6, 6.07) is 7.90. The normalized spacial score (nSPS) is 21.2. The summed E-state index contributed by atoms with van der Waals surface area (Å²) in [4.78, 5) is 0. The lowest BCUT2D eigenvalue weighted by Gasteiger charge is -2.43. The van der Waals surface area contributed by atoms with Crippen molar-refractivity contribution in [2.24, 2.45) is 0 Å². The van der Waals surface area contributed by atoms with Crippen LogP contribution in [0.4, 0.5) is 13.2 Å². The Labute approximate surface area is 203 Å². The summed E-state index contributed by atoms with van der Waals surface area (Å²) >= 11 is 24.3. The maximum absolute atomic E-state index is 14.0. The number of hydrogen-bond donors (Lipinski definition) is 1. The van der Waals surface area contributed by atoms with E-state index in [9.17, 15) is 13.2 Å². The smallest absolute Gasteiger partial charge is 0.345 e. The third kappa shape index (κ3) is 4.70. The van der Waals surface area contributed by atoms with E-state index in [0.717, 1.165) is 16.8 Å². The molecular weight excluding hydrogens is 505 g/mol. The minimum Gasteiger partial charge on any atom is -0.345 e. The van der Waals surface area contributed by atoms with Crippen molar-refractivity contribution in [3.63, 3.8) is 0 Å². The van der Waals surface area contributed by atoms with Crippen LogP contribution in [0.2, 0.25) is 20.1 Å². The Kier molecular flexibility index (Phi) is 6.63. The topological polar surface area (TPSA) is 18.5 Å². The van der Waals surface area contributed by atoms with Gasteiger partial charge in [-0.2, -0.15) is 13.2 Å².